The highest BCUT2D eigenvalue weighted by Gasteiger charge is 2.08. The topological polar surface area (TPSA) is 65.4 Å². The molecular weight excluding hydrogens is 264 g/mol. The lowest BCUT2D eigenvalue weighted by molar-refractivity contribution is 0.294. The Hall–Kier alpha value is -2.27. The highest BCUT2D eigenvalue weighted by Crippen LogP contribution is 2.18. The smallest absolute Gasteiger partial charge is 0.177 e. The van der Waals surface area contributed by atoms with Crippen molar-refractivity contribution < 1.29 is 4.74 Å². The fraction of sp³-hybridized carbons (Fsp3) is 0.0769. The number of nitrogen functional groups attached to an aromatic ring is 1. The lowest BCUT2D eigenvalue weighted by Crippen LogP contribution is -2.04. The lowest BCUT2D eigenvalue weighted by atomic mass is 10.3. The van der Waals surface area contributed by atoms with Gasteiger partial charge in [-0.1, -0.05) is 23.7 Å². The fourth-order valence-electron chi connectivity index (χ4n) is 1.83. The Labute approximate surface area is 114 Å². The number of nitrogens with zero attached hydrogens (tertiary/aromatic N) is 3. The quantitative estimate of drug-likeness (QED) is 0.797. The van der Waals surface area contributed by atoms with Crippen molar-refractivity contribution in [3.05, 3.63) is 53.3 Å². The van der Waals surface area contributed by atoms with Gasteiger partial charge in [0.2, 0.25) is 0 Å². The lowest BCUT2D eigenvalue weighted by Gasteiger charge is -2.06. The molecule has 19 heavy (non-hydrogen) atoms. The monoisotopic (exact) mass is 274 g/mol. The second-order valence-electron chi connectivity index (χ2n) is 4.01. The molecule has 0 aliphatic rings. The van der Waals surface area contributed by atoms with Crippen LogP contribution in [0.4, 0.5) is 5.82 Å². The highest BCUT2D eigenvalue weighted by atomic mass is 35.5. The van der Waals surface area contributed by atoms with Crippen LogP contribution >= 0.6 is 11.6 Å². The molecule has 3 rings (SSSR count). The Balaban J connectivity index is 1.86. The molecule has 0 fully saturated rings. The van der Waals surface area contributed by atoms with Crippen molar-refractivity contribution in [3.63, 3.8) is 0 Å². The Morgan fingerprint density at radius 1 is 1.16 bits per heavy atom. The van der Waals surface area contributed by atoms with E-state index in [2.05, 4.69) is 10.2 Å². The standard InChI is InChI=1S/C13H11ClN4O/c14-9-3-1-4-10(7-9)19-8-13-17-16-12-6-2-5-11(15)18(12)13/h1-7H,8,15H2. The summed E-state index contributed by atoms with van der Waals surface area (Å²) >= 11 is 5.89. The van der Waals surface area contributed by atoms with E-state index in [-0.39, 0.29) is 6.61 Å². The minimum atomic E-state index is 0.274. The molecule has 6 heteroatoms. The molecule has 0 aliphatic carbocycles. The SMILES string of the molecule is Nc1cccc2nnc(COc3cccc(Cl)c3)n12. The van der Waals surface area contributed by atoms with Gasteiger partial charge in [0.25, 0.3) is 0 Å². The van der Waals surface area contributed by atoms with Crippen LogP contribution in [0, 0.1) is 0 Å². The molecule has 5 nitrogen and oxygen atoms in total. The van der Waals surface area contributed by atoms with Crippen LogP contribution in [-0.2, 0) is 6.61 Å². The molecule has 0 unspecified atom stereocenters. The summed E-state index contributed by atoms with van der Waals surface area (Å²) in [6, 6.07) is 12.7. The summed E-state index contributed by atoms with van der Waals surface area (Å²) in [6.45, 7) is 0.274. The molecule has 2 N–H and O–H groups in total. The molecule has 2 heterocycles. The van der Waals surface area contributed by atoms with E-state index >= 15 is 0 Å². The molecule has 96 valence electrons. The van der Waals surface area contributed by atoms with Gasteiger partial charge >= 0.3 is 0 Å². The van der Waals surface area contributed by atoms with Crippen LogP contribution in [0.3, 0.4) is 0 Å². The first-order chi connectivity index (χ1) is 9.24. The molecule has 0 atom stereocenters. The maximum atomic E-state index is 5.90. The molecule has 0 radical (unpaired) electrons. The number of fused-ring (bicyclic) bond motifs is 1. The molecule has 0 saturated heterocycles. The van der Waals surface area contributed by atoms with Crippen LogP contribution in [0.5, 0.6) is 5.75 Å². The Bertz CT molecular complexity index is 725. The minimum Gasteiger partial charge on any atom is -0.486 e. The number of pyridine rings is 1. The molecule has 0 bridgehead atoms. The number of aromatic nitrogens is 3. The Kier molecular flexibility index (Phi) is 2.97. The van der Waals surface area contributed by atoms with Crippen molar-refractivity contribution in [2.75, 3.05) is 5.73 Å². The summed E-state index contributed by atoms with van der Waals surface area (Å²) in [5, 5.41) is 8.73. The van der Waals surface area contributed by atoms with E-state index in [1.165, 1.54) is 0 Å². The van der Waals surface area contributed by atoms with Crippen LogP contribution in [0.15, 0.2) is 42.5 Å². The van der Waals surface area contributed by atoms with Crippen molar-refractivity contribution >= 4 is 23.1 Å². The van der Waals surface area contributed by atoms with E-state index in [1.807, 2.05) is 24.3 Å². The maximum Gasteiger partial charge on any atom is 0.177 e. The van der Waals surface area contributed by atoms with Gasteiger partial charge in [0, 0.05) is 5.02 Å². The summed E-state index contributed by atoms with van der Waals surface area (Å²) in [7, 11) is 0. The summed E-state index contributed by atoms with van der Waals surface area (Å²) in [5.41, 5.74) is 6.60. The summed E-state index contributed by atoms with van der Waals surface area (Å²) in [5.74, 6) is 1.90. The van der Waals surface area contributed by atoms with E-state index in [4.69, 9.17) is 22.1 Å². The third-order valence-electron chi connectivity index (χ3n) is 2.69. The van der Waals surface area contributed by atoms with Crippen molar-refractivity contribution in [3.8, 4) is 5.75 Å². The van der Waals surface area contributed by atoms with Gasteiger partial charge in [-0.3, -0.25) is 4.40 Å². The number of benzene rings is 1. The van der Waals surface area contributed by atoms with E-state index in [0.717, 1.165) is 0 Å². The number of rotatable bonds is 3. The van der Waals surface area contributed by atoms with Gasteiger partial charge in [0.15, 0.2) is 11.5 Å². The van der Waals surface area contributed by atoms with Gasteiger partial charge in [-0.2, -0.15) is 0 Å². The average molecular weight is 275 g/mol. The maximum absolute atomic E-state index is 5.90. The first kappa shape index (κ1) is 11.8. The third-order valence-corrected chi connectivity index (χ3v) is 2.92. The zero-order valence-corrected chi connectivity index (χ0v) is 10.7. The van der Waals surface area contributed by atoms with E-state index in [0.29, 0.717) is 28.1 Å². The van der Waals surface area contributed by atoms with Crippen LogP contribution in [-0.4, -0.2) is 14.6 Å². The molecule has 1 aromatic carbocycles. The Morgan fingerprint density at radius 3 is 2.84 bits per heavy atom. The predicted molar refractivity (Wildman–Crippen MR) is 73.2 cm³/mol. The van der Waals surface area contributed by atoms with Crippen LogP contribution in [0.25, 0.3) is 5.65 Å². The predicted octanol–water partition coefficient (Wildman–Crippen LogP) is 2.54. The number of halogens is 1. The molecule has 2 aromatic heterocycles. The van der Waals surface area contributed by atoms with Crippen molar-refractivity contribution in [2.45, 2.75) is 6.61 Å². The first-order valence-corrected chi connectivity index (χ1v) is 6.09. The summed E-state index contributed by atoms with van der Waals surface area (Å²) in [4.78, 5) is 0. The average Bonchev–Trinajstić information content (AvgIpc) is 2.81. The van der Waals surface area contributed by atoms with Gasteiger partial charge in [0.05, 0.1) is 0 Å². The van der Waals surface area contributed by atoms with Gasteiger partial charge in [-0.25, -0.2) is 0 Å². The summed E-state index contributed by atoms with van der Waals surface area (Å²) < 4.78 is 7.39. The first-order valence-electron chi connectivity index (χ1n) is 5.71. The Morgan fingerprint density at radius 2 is 2.00 bits per heavy atom. The molecule has 3 aromatic rings. The number of hydrogen-bond donors (Lipinski definition) is 1. The second-order valence-corrected chi connectivity index (χ2v) is 4.44. The van der Waals surface area contributed by atoms with E-state index in [1.54, 1.807) is 22.6 Å². The number of nitrogens with two attached hydrogens (primary N) is 1. The van der Waals surface area contributed by atoms with Gasteiger partial charge in [0.1, 0.15) is 18.2 Å². The van der Waals surface area contributed by atoms with Crippen LogP contribution in [0.2, 0.25) is 5.02 Å². The number of ether oxygens (including phenoxy) is 1. The van der Waals surface area contributed by atoms with Gasteiger partial charge in [-0.15, -0.1) is 10.2 Å². The molecule has 0 saturated carbocycles. The van der Waals surface area contributed by atoms with Crippen molar-refractivity contribution in [1.82, 2.24) is 14.6 Å². The van der Waals surface area contributed by atoms with Crippen LogP contribution < -0.4 is 10.5 Å². The largest absolute Gasteiger partial charge is 0.486 e. The number of anilines is 1. The highest BCUT2D eigenvalue weighted by molar-refractivity contribution is 6.30. The normalized spacial score (nSPS) is 10.8. The van der Waals surface area contributed by atoms with Crippen molar-refractivity contribution in [2.24, 2.45) is 0 Å². The van der Waals surface area contributed by atoms with Crippen LogP contribution in [0.1, 0.15) is 5.82 Å². The van der Waals surface area contributed by atoms with E-state index < -0.39 is 0 Å². The van der Waals surface area contributed by atoms with Crippen molar-refractivity contribution in [1.29, 1.82) is 0 Å². The summed E-state index contributed by atoms with van der Waals surface area (Å²) in [6.07, 6.45) is 0. The molecular formula is C13H11ClN4O. The third kappa shape index (κ3) is 2.32. The second kappa shape index (κ2) is 4.78. The number of hydrogen-bond acceptors (Lipinski definition) is 4. The van der Waals surface area contributed by atoms with Gasteiger partial charge in [-0.05, 0) is 30.3 Å². The van der Waals surface area contributed by atoms with E-state index in [9.17, 15) is 0 Å². The molecule has 0 amide bonds. The molecule has 0 aliphatic heterocycles. The molecule has 0 spiro atoms. The van der Waals surface area contributed by atoms with Gasteiger partial charge < -0.3 is 10.5 Å². The fourth-order valence-corrected chi connectivity index (χ4v) is 2.01. The zero-order valence-electron chi connectivity index (χ0n) is 9.95. The minimum absolute atomic E-state index is 0.274. The zero-order chi connectivity index (χ0) is 13.2.